The molecule has 1 fully saturated rings. The number of thiazole rings is 1. The van der Waals surface area contributed by atoms with Crippen LogP contribution in [0, 0.1) is 5.92 Å². The van der Waals surface area contributed by atoms with Crippen molar-refractivity contribution < 1.29 is 19.1 Å². The minimum Gasteiger partial charge on any atom is -0.477 e. The molecule has 0 saturated carbocycles. The highest BCUT2D eigenvalue weighted by Gasteiger charge is 2.58. The summed E-state index contributed by atoms with van der Waals surface area (Å²) in [6.07, 6.45) is -1.31. The summed E-state index contributed by atoms with van der Waals surface area (Å²) in [5, 5.41) is 10.9. The molecule has 0 unspecified atom stereocenters. The van der Waals surface area contributed by atoms with Crippen molar-refractivity contribution in [3.63, 3.8) is 0 Å². The Morgan fingerprint density at radius 2 is 2.12 bits per heavy atom. The van der Waals surface area contributed by atoms with Crippen LogP contribution in [0.15, 0.2) is 50.0 Å². The van der Waals surface area contributed by atoms with Crippen LogP contribution in [0.25, 0.3) is 11.3 Å². The summed E-state index contributed by atoms with van der Waals surface area (Å²) in [7, 11) is 0. The van der Waals surface area contributed by atoms with Crippen molar-refractivity contribution in [2.24, 2.45) is 5.92 Å². The number of carbonyl (C=O) groups is 2. The average Bonchev–Trinajstić information content (AvgIpc) is 3.19. The third-order valence-electron chi connectivity index (χ3n) is 4.18. The summed E-state index contributed by atoms with van der Waals surface area (Å²) >= 11 is 3.86. The number of β-lactam (4-membered cyclic amide) rings is 1. The van der Waals surface area contributed by atoms with Crippen LogP contribution < -0.4 is 0 Å². The van der Waals surface area contributed by atoms with Crippen LogP contribution in [0.2, 0.25) is 0 Å². The molecule has 3 atom stereocenters. The van der Waals surface area contributed by atoms with Crippen LogP contribution in [0.4, 0.5) is 4.39 Å². The van der Waals surface area contributed by atoms with Gasteiger partial charge in [0.2, 0.25) is 5.91 Å². The average molecular weight is 409 g/mol. The molecule has 1 aromatic carbocycles. The third-order valence-corrected chi connectivity index (χ3v) is 7.69. The van der Waals surface area contributed by atoms with Gasteiger partial charge in [0.25, 0.3) is 0 Å². The number of aromatic nitrogens is 1. The van der Waals surface area contributed by atoms with Crippen molar-refractivity contribution in [1.82, 2.24) is 9.88 Å². The number of benzene rings is 1. The van der Waals surface area contributed by atoms with Gasteiger partial charge in [0, 0.05) is 10.9 Å². The zero-order valence-corrected chi connectivity index (χ0v) is 15.9. The van der Waals surface area contributed by atoms with Crippen LogP contribution in [0.1, 0.15) is 6.92 Å². The number of carboxylic acid groups (broad SMARTS) is 1. The van der Waals surface area contributed by atoms with Crippen molar-refractivity contribution in [3.05, 3.63) is 45.6 Å². The fraction of sp³-hybridized carbons (Fsp3) is 0.235. The van der Waals surface area contributed by atoms with Crippen LogP contribution >= 0.6 is 34.9 Å². The maximum absolute atomic E-state index is 13.7. The SMILES string of the molecule is C[C@H](F)[C@H]1C(=O)N2C(C(=O)O)=C(Sc3nc(-c4ccccc4)cs3)S[C@H]12. The van der Waals surface area contributed by atoms with Crippen molar-refractivity contribution in [3.8, 4) is 11.3 Å². The molecule has 4 rings (SSSR count). The summed E-state index contributed by atoms with van der Waals surface area (Å²) < 4.78 is 14.8. The predicted octanol–water partition coefficient (Wildman–Crippen LogP) is 4.05. The highest BCUT2D eigenvalue weighted by Crippen LogP contribution is 2.55. The van der Waals surface area contributed by atoms with Gasteiger partial charge in [0.05, 0.1) is 15.8 Å². The lowest BCUT2D eigenvalue weighted by atomic mass is 9.93. The lowest BCUT2D eigenvalue weighted by molar-refractivity contribution is -0.154. The van der Waals surface area contributed by atoms with Gasteiger partial charge < -0.3 is 5.11 Å². The molecule has 0 radical (unpaired) electrons. The lowest BCUT2D eigenvalue weighted by Crippen LogP contribution is -2.60. The minimum atomic E-state index is -1.31. The first-order chi connectivity index (χ1) is 12.5. The van der Waals surface area contributed by atoms with E-state index in [1.807, 2.05) is 35.7 Å². The molecule has 9 heteroatoms. The molecule has 0 spiro atoms. The first kappa shape index (κ1) is 17.6. The van der Waals surface area contributed by atoms with E-state index in [0.717, 1.165) is 11.3 Å². The van der Waals surface area contributed by atoms with Gasteiger partial charge in [-0.1, -0.05) is 42.1 Å². The second-order valence-electron chi connectivity index (χ2n) is 5.83. The second-order valence-corrected chi connectivity index (χ2v) is 9.33. The number of aliphatic carboxylic acids is 1. The molecule has 5 nitrogen and oxygen atoms in total. The van der Waals surface area contributed by atoms with Crippen molar-refractivity contribution in [1.29, 1.82) is 0 Å². The number of carbonyl (C=O) groups excluding carboxylic acids is 1. The predicted molar refractivity (Wildman–Crippen MR) is 100 cm³/mol. The van der Waals surface area contributed by atoms with Crippen LogP contribution in [-0.2, 0) is 9.59 Å². The highest BCUT2D eigenvalue weighted by atomic mass is 32.2. The molecule has 2 aliphatic heterocycles. The Labute approximate surface area is 161 Å². The zero-order valence-electron chi connectivity index (χ0n) is 13.5. The van der Waals surface area contributed by atoms with Crippen LogP contribution in [0.3, 0.4) is 0 Å². The Bertz CT molecular complexity index is 913. The molecule has 1 N–H and O–H groups in total. The molecule has 0 bridgehead atoms. The Kier molecular flexibility index (Phi) is 4.54. The van der Waals surface area contributed by atoms with Crippen molar-refractivity contribution in [2.45, 2.75) is 22.8 Å². The van der Waals surface area contributed by atoms with E-state index < -0.39 is 29.3 Å². The Balaban J connectivity index is 1.59. The molecule has 3 heterocycles. The largest absolute Gasteiger partial charge is 0.477 e. The normalized spacial score (nSPS) is 23.0. The molecule has 134 valence electrons. The van der Waals surface area contributed by atoms with E-state index in [0.29, 0.717) is 8.58 Å². The number of halogens is 1. The molecular weight excluding hydrogens is 395 g/mol. The standard InChI is InChI=1S/C17H13FN2O3S3/c1-8(18)11-13(21)20-12(15(22)23)16(25-14(11)20)26-17-19-10(7-24-17)9-5-3-2-4-6-9/h2-8,11,14H,1H3,(H,22,23)/t8-,11-,14+/m0/s1. The fourth-order valence-electron chi connectivity index (χ4n) is 2.92. The molecule has 1 amide bonds. The number of amides is 1. The quantitative estimate of drug-likeness (QED) is 0.753. The fourth-order valence-corrected chi connectivity index (χ4v) is 6.84. The van der Waals surface area contributed by atoms with Gasteiger partial charge in [-0.15, -0.1) is 11.3 Å². The summed E-state index contributed by atoms with van der Waals surface area (Å²) in [6, 6.07) is 9.68. The third kappa shape index (κ3) is 2.83. The van der Waals surface area contributed by atoms with E-state index in [1.165, 1.54) is 46.7 Å². The molecular formula is C17H13FN2O3S3. The van der Waals surface area contributed by atoms with Crippen molar-refractivity contribution >= 4 is 46.7 Å². The maximum Gasteiger partial charge on any atom is 0.354 e. The summed E-state index contributed by atoms with van der Waals surface area (Å²) in [5.41, 5.74) is 1.73. The smallest absolute Gasteiger partial charge is 0.354 e. The Morgan fingerprint density at radius 1 is 1.38 bits per heavy atom. The van der Waals surface area contributed by atoms with E-state index in [9.17, 15) is 19.1 Å². The number of alkyl halides is 1. The topological polar surface area (TPSA) is 70.5 Å². The first-order valence-corrected chi connectivity index (χ1v) is 10.3. The summed E-state index contributed by atoms with van der Waals surface area (Å²) in [6.45, 7) is 1.33. The van der Waals surface area contributed by atoms with Crippen LogP contribution in [0.5, 0.6) is 0 Å². The monoisotopic (exact) mass is 408 g/mol. The molecule has 0 aliphatic carbocycles. The number of hydrogen-bond donors (Lipinski definition) is 1. The van der Waals surface area contributed by atoms with Gasteiger partial charge in [-0.3, -0.25) is 9.69 Å². The molecule has 2 aromatic rings. The first-order valence-electron chi connectivity index (χ1n) is 7.77. The Morgan fingerprint density at radius 3 is 2.77 bits per heavy atom. The molecule has 26 heavy (non-hydrogen) atoms. The van der Waals surface area contributed by atoms with Gasteiger partial charge in [0.15, 0.2) is 10.0 Å². The van der Waals surface area contributed by atoms with E-state index >= 15 is 0 Å². The summed E-state index contributed by atoms with van der Waals surface area (Å²) in [5.74, 6) is -2.43. The van der Waals surface area contributed by atoms with Gasteiger partial charge in [-0.25, -0.2) is 14.2 Å². The van der Waals surface area contributed by atoms with E-state index in [2.05, 4.69) is 4.98 Å². The number of nitrogens with zero attached hydrogens (tertiary/aromatic N) is 2. The Hall–Kier alpha value is -1.84. The second kappa shape index (κ2) is 6.71. The van der Waals surface area contributed by atoms with E-state index in [-0.39, 0.29) is 5.70 Å². The van der Waals surface area contributed by atoms with Gasteiger partial charge in [0.1, 0.15) is 11.5 Å². The zero-order chi connectivity index (χ0) is 18.4. The molecule has 2 aliphatic rings. The van der Waals surface area contributed by atoms with Gasteiger partial charge in [-0.05, 0) is 18.7 Å². The maximum atomic E-state index is 13.7. The number of fused-ring (bicyclic) bond motifs is 1. The van der Waals surface area contributed by atoms with E-state index in [1.54, 1.807) is 0 Å². The lowest BCUT2D eigenvalue weighted by Gasteiger charge is -2.42. The molecule has 1 saturated heterocycles. The van der Waals surface area contributed by atoms with Gasteiger partial charge in [-0.2, -0.15) is 0 Å². The number of hydrogen-bond acceptors (Lipinski definition) is 6. The molecule has 1 aromatic heterocycles. The number of carboxylic acids is 1. The number of thioether (sulfide) groups is 2. The minimum absolute atomic E-state index is 0.0663. The highest BCUT2D eigenvalue weighted by molar-refractivity contribution is 8.23. The van der Waals surface area contributed by atoms with Crippen LogP contribution in [-0.4, -0.2) is 38.4 Å². The van der Waals surface area contributed by atoms with E-state index in [4.69, 9.17) is 0 Å². The van der Waals surface area contributed by atoms with Crippen molar-refractivity contribution in [2.75, 3.05) is 0 Å². The summed E-state index contributed by atoms with van der Waals surface area (Å²) in [4.78, 5) is 29.5. The number of rotatable bonds is 5. The van der Waals surface area contributed by atoms with Gasteiger partial charge >= 0.3 is 5.97 Å².